The Morgan fingerprint density at radius 2 is 1.88 bits per heavy atom. The monoisotopic (exact) mass is 328 g/mol. The number of aromatic carboxylic acids is 1. The minimum absolute atomic E-state index is 0.0111. The average Bonchev–Trinajstić information content (AvgIpc) is 2.83. The molecule has 2 aromatic rings. The zero-order chi connectivity index (χ0) is 17.3. The molecule has 2 aromatic carbocycles. The molecule has 3 rings (SSSR count). The summed E-state index contributed by atoms with van der Waals surface area (Å²) >= 11 is 0. The lowest BCUT2D eigenvalue weighted by Crippen LogP contribution is -2.34. The standard InChI is InChI=1S/C17H13FN2O4/c18-11-4-6-12(7-5-11)19-14-9-15(21)20(16(14)22)13-3-1-2-10(8-13)17(23)24/h1-8,14,19H,9H2,(H,23,24)/t14-/m1/s1. The molecule has 1 aliphatic rings. The highest BCUT2D eigenvalue weighted by Gasteiger charge is 2.39. The molecule has 0 saturated carbocycles. The number of amides is 2. The Hall–Kier alpha value is -3.22. The molecule has 1 aliphatic heterocycles. The zero-order valence-corrected chi connectivity index (χ0v) is 12.4. The lowest BCUT2D eigenvalue weighted by molar-refractivity contribution is -0.121. The summed E-state index contributed by atoms with van der Waals surface area (Å²) in [5, 5.41) is 11.9. The molecule has 0 aliphatic carbocycles. The van der Waals surface area contributed by atoms with Crippen LogP contribution in [0.5, 0.6) is 0 Å². The van der Waals surface area contributed by atoms with Crippen molar-refractivity contribution in [3.63, 3.8) is 0 Å². The Bertz CT molecular complexity index is 820. The van der Waals surface area contributed by atoms with Crippen LogP contribution in [0.4, 0.5) is 15.8 Å². The predicted molar refractivity (Wildman–Crippen MR) is 84.3 cm³/mol. The molecule has 2 amide bonds. The molecule has 1 atom stereocenters. The molecule has 24 heavy (non-hydrogen) atoms. The first-order valence-electron chi connectivity index (χ1n) is 7.18. The molecule has 0 bridgehead atoms. The van der Waals surface area contributed by atoms with Crippen molar-refractivity contribution >= 4 is 29.2 Å². The summed E-state index contributed by atoms with van der Waals surface area (Å²) in [5.41, 5.74) is 0.722. The zero-order valence-electron chi connectivity index (χ0n) is 12.4. The fraction of sp³-hybridized carbons (Fsp3) is 0.118. The van der Waals surface area contributed by atoms with Gasteiger partial charge in [0.15, 0.2) is 0 Å². The Morgan fingerprint density at radius 1 is 1.17 bits per heavy atom. The fourth-order valence-electron chi connectivity index (χ4n) is 2.54. The van der Waals surface area contributed by atoms with Crippen molar-refractivity contribution in [3.8, 4) is 0 Å². The lowest BCUT2D eigenvalue weighted by Gasteiger charge is -2.16. The van der Waals surface area contributed by atoms with E-state index in [9.17, 15) is 18.8 Å². The summed E-state index contributed by atoms with van der Waals surface area (Å²) < 4.78 is 12.9. The van der Waals surface area contributed by atoms with Crippen LogP contribution >= 0.6 is 0 Å². The molecule has 0 spiro atoms. The van der Waals surface area contributed by atoms with E-state index in [4.69, 9.17) is 5.11 Å². The normalized spacial score (nSPS) is 17.2. The minimum Gasteiger partial charge on any atom is -0.478 e. The number of carboxylic acids is 1. The number of anilines is 2. The van der Waals surface area contributed by atoms with Gasteiger partial charge in [0, 0.05) is 5.69 Å². The van der Waals surface area contributed by atoms with Crippen LogP contribution in [0.25, 0.3) is 0 Å². The fourth-order valence-corrected chi connectivity index (χ4v) is 2.54. The first-order chi connectivity index (χ1) is 11.5. The number of nitrogens with zero attached hydrogens (tertiary/aromatic N) is 1. The maximum Gasteiger partial charge on any atom is 0.335 e. The highest BCUT2D eigenvalue weighted by Crippen LogP contribution is 2.25. The molecule has 2 N–H and O–H groups in total. The number of rotatable bonds is 4. The Labute approximate surface area is 136 Å². The maximum absolute atomic E-state index is 12.9. The first kappa shape index (κ1) is 15.7. The van der Waals surface area contributed by atoms with Crippen LogP contribution in [0.1, 0.15) is 16.8 Å². The van der Waals surface area contributed by atoms with Gasteiger partial charge in [-0.3, -0.25) is 9.59 Å². The summed E-state index contributed by atoms with van der Waals surface area (Å²) in [6.07, 6.45) is -0.0620. The van der Waals surface area contributed by atoms with Crippen molar-refractivity contribution in [2.24, 2.45) is 0 Å². The third kappa shape index (κ3) is 2.96. The molecule has 1 saturated heterocycles. The van der Waals surface area contributed by atoms with E-state index in [-0.39, 0.29) is 17.7 Å². The van der Waals surface area contributed by atoms with Gasteiger partial charge < -0.3 is 10.4 Å². The van der Waals surface area contributed by atoms with E-state index in [1.54, 1.807) is 0 Å². The van der Waals surface area contributed by atoms with Crippen molar-refractivity contribution in [3.05, 3.63) is 59.9 Å². The molecule has 7 heteroatoms. The molecule has 6 nitrogen and oxygen atoms in total. The number of hydrogen-bond donors (Lipinski definition) is 2. The maximum atomic E-state index is 12.9. The van der Waals surface area contributed by atoms with Gasteiger partial charge in [0.05, 0.1) is 17.7 Å². The van der Waals surface area contributed by atoms with E-state index in [1.807, 2.05) is 0 Å². The third-order valence-electron chi connectivity index (χ3n) is 3.68. The number of carbonyl (C=O) groups is 3. The van der Waals surface area contributed by atoms with E-state index >= 15 is 0 Å². The first-order valence-corrected chi connectivity index (χ1v) is 7.18. The number of carbonyl (C=O) groups excluding carboxylic acids is 2. The second-order valence-corrected chi connectivity index (χ2v) is 5.33. The smallest absolute Gasteiger partial charge is 0.335 e. The summed E-state index contributed by atoms with van der Waals surface area (Å²) in [6, 6.07) is 10.3. The van der Waals surface area contributed by atoms with Crippen LogP contribution in [0.15, 0.2) is 48.5 Å². The summed E-state index contributed by atoms with van der Waals surface area (Å²) in [6.45, 7) is 0. The van der Waals surface area contributed by atoms with Gasteiger partial charge in [-0.05, 0) is 42.5 Å². The summed E-state index contributed by atoms with van der Waals surface area (Å²) in [4.78, 5) is 36.7. The van der Waals surface area contributed by atoms with Crippen molar-refractivity contribution < 1.29 is 23.9 Å². The van der Waals surface area contributed by atoms with Gasteiger partial charge in [-0.1, -0.05) is 6.07 Å². The summed E-state index contributed by atoms with van der Waals surface area (Å²) in [5.74, 6) is -2.45. The van der Waals surface area contributed by atoms with Gasteiger partial charge in [-0.2, -0.15) is 0 Å². The molecular formula is C17H13FN2O4. The topological polar surface area (TPSA) is 86.7 Å². The van der Waals surface area contributed by atoms with Crippen LogP contribution in [-0.4, -0.2) is 28.9 Å². The second-order valence-electron chi connectivity index (χ2n) is 5.33. The van der Waals surface area contributed by atoms with Crippen LogP contribution in [-0.2, 0) is 9.59 Å². The number of halogens is 1. The van der Waals surface area contributed by atoms with E-state index < -0.39 is 29.6 Å². The largest absolute Gasteiger partial charge is 0.478 e. The number of benzene rings is 2. The Balaban J connectivity index is 1.82. The van der Waals surface area contributed by atoms with E-state index in [2.05, 4.69) is 5.32 Å². The van der Waals surface area contributed by atoms with Gasteiger partial charge in [0.25, 0.3) is 5.91 Å². The molecule has 1 fully saturated rings. The SMILES string of the molecule is O=C(O)c1cccc(N2C(=O)C[C@@H](Nc3ccc(F)cc3)C2=O)c1. The van der Waals surface area contributed by atoms with Crippen molar-refractivity contribution in [1.29, 1.82) is 0 Å². The third-order valence-corrected chi connectivity index (χ3v) is 3.68. The lowest BCUT2D eigenvalue weighted by atomic mass is 10.2. The molecule has 0 unspecified atom stereocenters. The minimum atomic E-state index is -1.14. The molecule has 0 radical (unpaired) electrons. The highest BCUT2D eigenvalue weighted by molar-refractivity contribution is 6.23. The van der Waals surface area contributed by atoms with Crippen LogP contribution < -0.4 is 10.2 Å². The molecule has 122 valence electrons. The Morgan fingerprint density at radius 3 is 2.54 bits per heavy atom. The number of imide groups is 1. The van der Waals surface area contributed by atoms with E-state index in [0.29, 0.717) is 5.69 Å². The number of nitrogens with one attached hydrogen (secondary N) is 1. The van der Waals surface area contributed by atoms with Crippen LogP contribution in [0, 0.1) is 5.82 Å². The van der Waals surface area contributed by atoms with Gasteiger partial charge in [0.2, 0.25) is 5.91 Å². The van der Waals surface area contributed by atoms with Gasteiger partial charge in [-0.15, -0.1) is 0 Å². The van der Waals surface area contributed by atoms with Crippen LogP contribution in [0.3, 0.4) is 0 Å². The van der Waals surface area contributed by atoms with Crippen molar-refractivity contribution in [1.82, 2.24) is 0 Å². The summed E-state index contributed by atoms with van der Waals surface area (Å²) in [7, 11) is 0. The van der Waals surface area contributed by atoms with Crippen molar-refractivity contribution in [2.75, 3.05) is 10.2 Å². The molecular weight excluding hydrogens is 315 g/mol. The molecule has 1 heterocycles. The van der Waals surface area contributed by atoms with E-state index in [0.717, 1.165) is 4.90 Å². The van der Waals surface area contributed by atoms with E-state index in [1.165, 1.54) is 48.5 Å². The van der Waals surface area contributed by atoms with Crippen molar-refractivity contribution in [2.45, 2.75) is 12.5 Å². The number of hydrogen-bond acceptors (Lipinski definition) is 4. The average molecular weight is 328 g/mol. The Kier molecular flexibility index (Phi) is 3.99. The quantitative estimate of drug-likeness (QED) is 0.841. The van der Waals surface area contributed by atoms with Gasteiger partial charge in [-0.25, -0.2) is 14.1 Å². The van der Waals surface area contributed by atoms with Gasteiger partial charge >= 0.3 is 5.97 Å². The van der Waals surface area contributed by atoms with Crippen LogP contribution in [0.2, 0.25) is 0 Å². The number of carboxylic acid groups (broad SMARTS) is 1. The predicted octanol–water partition coefficient (Wildman–Crippen LogP) is 2.27. The second kappa shape index (κ2) is 6.11. The van der Waals surface area contributed by atoms with Gasteiger partial charge in [0.1, 0.15) is 11.9 Å². The highest BCUT2D eigenvalue weighted by atomic mass is 19.1. The molecule has 0 aromatic heterocycles.